The number of benzene rings is 2. The quantitative estimate of drug-likeness (QED) is 0.726. The van der Waals surface area contributed by atoms with Gasteiger partial charge in [0.2, 0.25) is 0 Å². The third-order valence-corrected chi connectivity index (χ3v) is 5.54. The molecule has 1 aliphatic rings. The molecule has 0 saturated carbocycles. The highest BCUT2D eigenvalue weighted by Gasteiger charge is 2.21. The van der Waals surface area contributed by atoms with E-state index in [2.05, 4.69) is 11.0 Å². The summed E-state index contributed by atoms with van der Waals surface area (Å²) in [5.74, 6) is 1.16. The van der Waals surface area contributed by atoms with Crippen molar-refractivity contribution in [1.29, 1.82) is 0 Å². The van der Waals surface area contributed by atoms with Crippen LogP contribution in [0.15, 0.2) is 42.5 Å². The number of hydrogen-bond acceptors (Lipinski definition) is 4. The summed E-state index contributed by atoms with van der Waals surface area (Å²) in [5, 5.41) is 10.3. The fraction of sp³-hybridized carbons (Fsp3) is 0.455. The number of halogens is 1. The fourth-order valence-electron chi connectivity index (χ4n) is 3.77. The molecule has 1 unspecified atom stereocenters. The number of aliphatic hydroxyl groups is 1. The van der Waals surface area contributed by atoms with Crippen molar-refractivity contribution in [3.63, 3.8) is 0 Å². The number of nitrogens with two attached hydrogens (primary N) is 1. The van der Waals surface area contributed by atoms with E-state index in [1.165, 1.54) is 17.7 Å². The number of likely N-dealkylation sites (tertiary alicyclic amines) is 1. The lowest BCUT2D eigenvalue weighted by Gasteiger charge is -2.32. The van der Waals surface area contributed by atoms with Crippen molar-refractivity contribution in [2.75, 3.05) is 32.5 Å². The van der Waals surface area contributed by atoms with Gasteiger partial charge in [-0.05, 0) is 74.0 Å². The van der Waals surface area contributed by atoms with Crippen LogP contribution < -0.4 is 10.5 Å². The number of anilines is 1. The second-order valence-corrected chi connectivity index (χ2v) is 7.41. The third-order valence-electron chi connectivity index (χ3n) is 5.54. The van der Waals surface area contributed by atoms with Crippen molar-refractivity contribution in [2.24, 2.45) is 5.92 Å². The van der Waals surface area contributed by atoms with Gasteiger partial charge in [0, 0.05) is 18.3 Å². The van der Waals surface area contributed by atoms with Crippen molar-refractivity contribution in [3.05, 3.63) is 59.4 Å². The van der Waals surface area contributed by atoms with E-state index >= 15 is 0 Å². The second-order valence-electron chi connectivity index (χ2n) is 7.41. The minimum absolute atomic E-state index is 0.273. The van der Waals surface area contributed by atoms with Crippen LogP contribution in [0.5, 0.6) is 5.75 Å². The average Bonchev–Trinajstić information content (AvgIpc) is 2.69. The third kappa shape index (κ3) is 5.44. The highest BCUT2D eigenvalue weighted by Crippen LogP contribution is 2.27. The molecular formula is C22H29FN2O2. The van der Waals surface area contributed by atoms with E-state index in [-0.39, 0.29) is 5.82 Å². The first-order valence-electron chi connectivity index (χ1n) is 9.63. The molecule has 1 saturated heterocycles. The van der Waals surface area contributed by atoms with Crippen LogP contribution in [0, 0.1) is 11.7 Å². The largest absolute Gasteiger partial charge is 0.497 e. The molecule has 0 spiro atoms. The molecule has 27 heavy (non-hydrogen) atoms. The van der Waals surface area contributed by atoms with E-state index < -0.39 is 6.10 Å². The number of hydrogen-bond donors (Lipinski definition) is 2. The summed E-state index contributed by atoms with van der Waals surface area (Å²) in [6, 6.07) is 12.0. The van der Waals surface area contributed by atoms with Crippen LogP contribution in [0.4, 0.5) is 10.1 Å². The van der Waals surface area contributed by atoms with Crippen molar-refractivity contribution in [1.82, 2.24) is 4.90 Å². The van der Waals surface area contributed by atoms with Gasteiger partial charge in [-0.2, -0.15) is 0 Å². The summed E-state index contributed by atoms with van der Waals surface area (Å²) in [4.78, 5) is 2.40. The zero-order valence-corrected chi connectivity index (χ0v) is 15.9. The number of nitrogen functional groups attached to an aromatic ring is 1. The molecule has 2 aromatic rings. The molecule has 2 aromatic carbocycles. The molecule has 1 heterocycles. The Morgan fingerprint density at radius 3 is 2.52 bits per heavy atom. The van der Waals surface area contributed by atoms with Crippen molar-refractivity contribution in [2.45, 2.75) is 31.8 Å². The van der Waals surface area contributed by atoms with Gasteiger partial charge in [0.15, 0.2) is 0 Å². The zero-order chi connectivity index (χ0) is 19.2. The lowest BCUT2D eigenvalue weighted by Crippen LogP contribution is -2.35. The monoisotopic (exact) mass is 372 g/mol. The van der Waals surface area contributed by atoms with Crippen LogP contribution in [0.25, 0.3) is 0 Å². The lowest BCUT2D eigenvalue weighted by atomic mass is 9.89. The van der Waals surface area contributed by atoms with Gasteiger partial charge in [0.25, 0.3) is 0 Å². The summed E-state index contributed by atoms with van der Waals surface area (Å²) in [6.45, 7) is 2.93. The number of piperidine rings is 1. The minimum atomic E-state index is -0.539. The molecule has 4 nitrogen and oxygen atoms in total. The zero-order valence-electron chi connectivity index (χ0n) is 15.9. The Balaban J connectivity index is 1.43. The highest BCUT2D eigenvalue weighted by molar-refractivity contribution is 5.51. The number of aliphatic hydroxyl groups excluding tert-OH is 1. The van der Waals surface area contributed by atoms with E-state index in [1.54, 1.807) is 19.2 Å². The Morgan fingerprint density at radius 1 is 1.19 bits per heavy atom. The summed E-state index contributed by atoms with van der Waals surface area (Å²) in [5.41, 5.74) is 8.92. The van der Waals surface area contributed by atoms with Gasteiger partial charge >= 0.3 is 0 Å². The lowest BCUT2D eigenvalue weighted by molar-refractivity contribution is 0.123. The van der Waals surface area contributed by atoms with Crippen molar-refractivity contribution in [3.8, 4) is 5.75 Å². The van der Waals surface area contributed by atoms with Crippen LogP contribution in [-0.4, -0.2) is 36.8 Å². The molecule has 146 valence electrons. The van der Waals surface area contributed by atoms with E-state index in [0.29, 0.717) is 12.3 Å². The van der Waals surface area contributed by atoms with Crippen LogP contribution in [0.1, 0.15) is 36.5 Å². The number of ether oxygens (including phenoxy) is 1. The van der Waals surface area contributed by atoms with E-state index in [1.807, 2.05) is 12.1 Å². The Labute approximate surface area is 160 Å². The smallest absolute Gasteiger partial charge is 0.123 e. The normalized spacial score (nSPS) is 17.0. The molecular weight excluding hydrogens is 343 g/mol. The van der Waals surface area contributed by atoms with Gasteiger partial charge in [-0.3, -0.25) is 0 Å². The number of nitrogens with zero attached hydrogens (tertiary/aromatic N) is 1. The average molecular weight is 372 g/mol. The highest BCUT2D eigenvalue weighted by atomic mass is 19.1. The van der Waals surface area contributed by atoms with Gasteiger partial charge in [-0.25, -0.2) is 4.39 Å². The Hall–Kier alpha value is -2.11. The maximum atomic E-state index is 13.0. The van der Waals surface area contributed by atoms with Crippen LogP contribution >= 0.6 is 0 Å². The summed E-state index contributed by atoms with van der Waals surface area (Å²) in [6.07, 6.45) is 3.40. The molecule has 0 radical (unpaired) electrons. The predicted octanol–water partition coefficient (Wildman–Crippen LogP) is 3.79. The summed E-state index contributed by atoms with van der Waals surface area (Å²) >= 11 is 0. The van der Waals surface area contributed by atoms with Gasteiger partial charge in [0.05, 0.1) is 13.2 Å². The molecule has 0 amide bonds. The predicted molar refractivity (Wildman–Crippen MR) is 106 cm³/mol. The van der Waals surface area contributed by atoms with E-state index in [9.17, 15) is 9.50 Å². The molecule has 0 aliphatic carbocycles. The van der Waals surface area contributed by atoms with Crippen LogP contribution in [-0.2, 0) is 6.42 Å². The Morgan fingerprint density at radius 2 is 1.89 bits per heavy atom. The molecule has 5 heteroatoms. The van der Waals surface area contributed by atoms with Gasteiger partial charge < -0.3 is 20.5 Å². The van der Waals surface area contributed by atoms with Crippen molar-refractivity contribution < 1.29 is 14.2 Å². The first-order chi connectivity index (χ1) is 13.0. The summed E-state index contributed by atoms with van der Waals surface area (Å²) < 4.78 is 18.2. The molecule has 0 aromatic heterocycles. The molecule has 3 rings (SSSR count). The molecule has 0 bridgehead atoms. The van der Waals surface area contributed by atoms with Crippen LogP contribution in [0.2, 0.25) is 0 Å². The SMILES string of the molecule is COc1ccc(CC2CCN(CCC(O)c3ccc(F)cc3)CC2)c(N)c1. The maximum Gasteiger partial charge on any atom is 0.123 e. The Bertz CT molecular complexity index is 728. The van der Waals surface area contributed by atoms with E-state index in [4.69, 9.17) is 10.5 Å². The molecule has 1 aliphatic heterocycles. The number of rotatable bonds is 7. The van der Waals surface area contributed by atoms with Crippen LogP contribution in [0.3, 0.4) is 0 Å². The van der Waals surface area contributed by atoms with E-state index in [0.717, 1.165) is 55.9 Å². The second kappa shape index (κ2) is 9.20. The van der Waals surface area contributed by atoms with Crippen molar-refractivity contribution >= 4 is 5.69 Å². The molecule has 1 fully saturated rings. The van der Waals surface area contributed by atoms with Gasteiger partial charge in [-0.15, -0.1) is 0 Å². The summed E-state index contributed by atoms with van der Waals surface area (Å²) in [7, 11) is 1.65. The fourth-order valence-corrected chi connectivity index (χ4v) is 3.77. The molecule has 3 N–H and O–H groups in total. The topological polar surface area (TPSA) is 58.7 Å². The van der Waals surface area contributed by atoms with Gasteiger partial charge in [-0.1, -0.05) is 18.2 Å². The minimum Gasteiger partial charge on any atom is -0.497 e. The first-order valence-corrected chi connectivity index (χ1v) is 9.63. The molecule has 1 atom stereocenters. The maximum absolute atomic E-state index is 13.0. The Kier molecular flexibility index (Phi) is 6.69. The van der Waals surface area contributed by atoms with Gasteiger partial charge in [0.1, 0.15) is 11.6 Å². The first kappa shape index (κ1) is 19.6. The standard InChI is InChI=1S/C22H29FN2O2/c1-27-20-7-4-18(21(24)15-20)14-16-8-11-25(12-9-16)13-10-22(26)17-2-5-19(23)6-3-17/h2-7,15-16,22,26H,8-14,24H2,1H3. The number of methoxy groups -OCH3 is 1.